The Morgan fingerprint density at radius 1 is 1.57 bits per heavy atom. The molecule has 0 atom stereocenters. The van der Waals surface area contributed by atoms with E-state index < -0.39 is 29.4 Å². The Morgan fingerprint density at radius 2 is 2.21 bits per heavy atom. The minimum absolute atomic E-state index is 0.312. The molecule has 0 unspecified atom stereocenters. The van der Waals surface area contributed by atoms with Crippen molar-refractivity contribution in [3.8, 4) is 6.07 Å². The predicted octanol–water partition coefficient (Wildman–Crippen LogP) is 2.88. The number of nitriles is 1. The molecule has 0 saturated heterocycles. The van der Waals surface area contributed by atoms with Gasteiger partial charge in [-0.25, -0.2) is 13.8 Å². The maximum atomic E-state index is 12.6. The molecule has 0 amide bonds. The zero-order valence-corrected chi connectivity index (χ0v) is 7.52. The molecule has 0 fully saturated rings. The van der Waals surface area contributed by atoms with Gasteiger partial charge >= 0.3 is 0 Å². The second kappa shape index (κ2) is 4.29. The molecular weight excluding hydrogens is 217 g/mol. The van der Waals surface area contributed by atoms with Gasteiger partial charge in [0.1, 0.15) is 0 Å². The summed E-state index contributed by atoms with van der Waals surface area (Å²) in [6.07, 6.45) is -3.25. The zero-order chi connectivity index (χ0) is 10.7. The molecule has 1 aromatic rings. The first-order valence-corrected chi connectivity index (χ1v) is 3.94. The quantitative estimate of drug-likeness (QED) is 0.719. The highest BCUT2D eigenvalue weighted by molar-refractivity contribution is 6.31. The molecular formula is C8H4ClF3N2. The van der Waals surface area contributed by atoms with Gasteiger partial charge in [-0.3, -0.25) is 0 Å². The van der Waals surface area contributed by atoms with Gasteiger partial charge in [0.05, 0.1) is 28.8 Å². The average Bonchev–Trinajstić information content (AvgIpc) is 2.01. The van der Waals surface area contributed by atoms with Crippen LogP contribution in [0, 0.1) is 17.3 Å². The van der Waals surface area contributed by atoms with Crippen LogP contribution in [0.3, 0.4) is 0 Å². The van der Waals surface area contributed by atoms with Crippen molar-refractivity contribution >= 4 is 11.6 Å². The predicted molar refractivity (Wildman–Crippen MR) is 43.5 cm³/mol. The number of hydrogen-bond donors (Lipinski definition) is 0. The molecule has 74 valence electrons. The fraction of sp³-hybridized carbons (Fsp3) is 0.250. The molecule has 0 saturated carbocycles. The Kier molecular flexibility index (Phi) is 3.31. The molecule has 0 spiro atoms. The lowest BCUT2D eigenvalue weighted by molar-refractivity contribution is 0.149. The smallest absolute Gasteiger partial charge is 0.223 e. The normalized spacial score (nSPS) is 10.3. The summed E-state index contributed by atoms with van der Waals surface area (Å²) in [6, 6.07) is 2.31. The molecule has 1 rings (SSSR count). The van der Waals surface area contributed by atoms with E-state index in [1.807, 2.05) is 0 Å². The third kappa shape index (κ3) is 2.15. The highest BCUT2D eigenvalue weighted by Crippen LogP contribution is 2.29. The van der Waals surface area contributed by atoms with Crippen molar-refractivity contribution in [1.29, 1.82) is 5.26 Å². The fourth-order valence-electron chi connectivity index (χ4n) is 0.981. The van der Waals surface area contributed by atoms with Gasteiger partial charge in [-0.15, -0.1) is 0 Å². The molecule has 0 aliphatic heterocycles. The van der Waals surface area contributed by atoms with Crippen LogP contribution in [0.4, 0.5) is 13.2 Å². The first kappa shape index (κ1) is 10.8. The number of aromatic nitrogens is 1. The molecule has 14 heavy (non-hydrogen) atoms. The van der Waals surface area contributed by atoms with Gasteiger partial charge in [0.25, 0.3) is 6.43 Å². The molecule has 0 aliphatic rings. The lowest BCUT2D eigenvalue weighted by Crippen LogP contribution is -2.01. The molecule has 6 heteroatoms. The van der Waals surface area contributed by atoms with Crippen LogP contribution in [0.25, 0.3) is 0 Å². The molecule has 1 heterocycles. The number of rotatable bonds is 2. The van der Waals surface area contributed by atoms with Gasteiger partial charge in [-0.05, 0) is 0 Å². The van der Waals surface area contributed by atoms with E-state index in [1.165, 1.54) is 0 Å². The van der Waals surface area contributed by atoms with Crippen LogP contribution in [0.2, 0.25) is 5.02 Å². The van der Waals surface area contributed by atoms with Crippen molar-refractivity contribution in [3.63, 3.8) is 0 Å². The standard InChI is InChI=1S/C8H4ClF3N2/c9-4-3-6(10)14-5(1-2-13)7(4)8(11)12/h3,8H,1H2. The second-order valence-corrected chi connectivity index (χ2v) is 2.83. The summed E-state index contributed by atoms with van der Waals surface area (Å²) in [6.45, 7) is 0. The van der Waals surface area contributed by atoms with Gasteiger partial charge in [0.15, 0.2) is 0 Å². The summed E-state index contributed by atoms with van der Waals surface area (Å²) < 4.78 is 37.4. The Bertz CT molecular complexity index is 387. The average molecular weight is 221 g/mol. The summed E-state index contributed by atoms with van der Waals surface area (Å²) in [5, 5.41) is 7.90. The molecule has 0 radical (unpaired) electrons. The molecule has 2 nitrogen and oxygen atoms in total. The lowest BCUT2D eigenvalue weighted by atomic mass is 10.1. The number of halogens is 4. The highest BCUT2D eigenvalue weighted by Gasteiger charge is 2.19. The number of pyridine rings is 1. The van der Waals surface area contributed by atoms with Crippen LogP contribution < -0.4 is 0 Å². The molecule has 0 bridgehead atoms. The van der Waals surface area contributed by atoms with Crippen LogP contribution in [0.5, 0.6) is 0 Å². The van der Waals surface area contributed by atoms with E-state index in [9.17, 15) is 13.2 Å². The van der Waals surface area contributed by atoms with Crippen molar-refractivity contribution in [2.45, 2.75) is 12.8 Å². The minimum Gasteiger partial charge on any atom is -0.223 e. The van der Waals surface area contributed by atoms with E-state index in [0.717, 1.165) is 0 Å². The van der Waals surface area contributed by atoms with Crippen molar-refractivity contribution in [2.24, 2.45) is 0 Å². The Hall–Kier alpha value is -1.28. The Morgan fingerprint density at radius 3 is 2.71 bits per heavy atom. The van der Waals surface area contributed by atoms with E-state index >= 15 is 0 Å². The maximum absolute atomic E-state index is 12.6. The van der Waals surface area contributed by atoms with Crippen molar-refractivity contribution < 1.29 is 13.2 Å². The first-order valence-electron chi connectivity index (χ1n) is 3.56. The van der Waals surface area contributed by atoms with E-state index in [2.05, 4.69) is 4.98 Å². The molecule has 0 aliphatic carbocycles. The zero-order valence-electron chi connectivity index (χ0n) is 6.77. The fourth-order valence-corrected chi connectivity index (χ4v) is 1.26. The van der Waals surface area contributed by atoms with Gasteiger partial charge in [0.2, 0.25) is 5.95 Å². The summed E-state index contributed by atoms with van der Waals surface area (Å²) in [5.74, 6) is -0.968. The van der Waals surface area contributed by atoms with Gasteiger partial charge in [-0.1, -0.05) is 11.6 Å². The molecule has 1 aromatic heterocycles. The molecule has 0 aromatic carbocycles. The van der Waals surface area contributed by atoms with Crippen molar-refractivity contribution in [2.75, 3.05) is 0 Å². The number of hydrogen-bond acceptors (Lipinski definition) is 2. The highest BCUT2D eigenvalue weighted by atomic mass is 35.5. The Labute approximate surface area is 82.9 Å². The third-order valence-corrected chi connectivity index (χ3v) is 1.83. The molecule has 0 N–H and O–H groups in total. The summed E-state index contributed by atoms with van der Waals surface area (Å²) in [5.41, 5.74) is -0.887. The number of alkyl halides is 2. The third-order valence-electron chi connectivity index (χ3n) is 1.52. The first-order chi connectivity index (χ1) is 6.56. The van der Waals surface area contributed by atoms with E-state index in [1.54, 1.807) is 6.07 Å². The van der Waals surface area contributed by atoms with Crippen LogP contribution >= 0.6 is 11.6 Å². The topological polar surface area (TPSA) is 36.7 Å². The van der Waals surface area contributed by atoms with E-state index in [4.69, 9.17) is 16.9 Å². The van der Waals surface area contributed by atoms with Gasteiger partial charge in [-0.2, -0.15) is 9.65 Å². The van der Waals surface area contributed by atoms with Crippen LogP contribution in [0.15, 0.2) is 6.07 Å². The minimum atomic E-state index is -2.86. The van der Waals surface area contributed by atoms with Crippen molar-refractivity contribution in [1.82, 2.24) is 4.98 Å². The maximum Gasteiger partial charge on any atom is 0.267 e. The van der Waals surface area contributed by atoms with Crippen molar-refractivity contribution in [3.05, 3.63) is 28.3 Å². The summed E-state index contributed by atoms with van der Waals surface area (Å²) >= 11 is 5.40. The summed E-state index contributed by atoms with van der Waals surface area (Å²) in [7, 11) is 0. The lowest BCUT2D eigenvalue weighted by Gasteiger charge is -2.06. The largest absolute Gasteiger partial charge is 0.267 e. The summed E-state index contributed by atoms with van der Waals surface area (Å²) in [4.78, 5) is 3.19. The van der Waals surface area contributed by atoms with E-state index in [-0.39, 0.29) is 5.69 Å². The van der Waals surface area contributed by atoms with Crippen LogP contribution in [-0.2, 0) is 6.42 Å². The SMILES string of the molecule is N#CCc1nc(F)cc(Cl)c1C(F)F. The monoisotopic (exact) mass is 220 g/mol. The number of nitrogens with zero attached hydrogens (tertiary/aromatic N) is 2. The van der Waals surface area contributed by atoms with Gasteiger partial charge in [0, 0.05) is 6.07 Å². The second-order valence-electron chi connectivity index (χ2n) is 2.42. The van der Waals surface area contributed by atoms with E-state index in [0.29, 0.717) is 6.07 Å². The van der Waals surface area contributed by atoms with Gasteiger partial charge < -0.3 is 0 Å². The Balaban J connectivity index is 3.30. The van der Waals surface area contributed by atoms with Crippen LogP contribution in [-0.4, -0.2) is 4.98 Å². The van der Waals surface area contributed by atoms with Crippen LogP contribution in [0.1, 0.15) is 17.7 Å².